The second-order valence-electron chi connectivity index (χ2n) is 6.21. The van der Waals surface area contributed by atoms with Gasteiger partial charge in [-0.2, -0.15) is 0 Å². The van der Waals surface area contributed by atoms with E-state index in [4.69, 9.17) is 4.74 Å². The van der Waals surface area contributed by atoms with Gasteiger partial charge in [0.05, 0.1) is 18.4 Å². The number of esters is 1. The summed E-state index contributed by atoms with van der Waals surface area (Å²) >= 11 is 0. The Balaban J connectivity index is 2.55. The zero-order valence-corrected chi connectivity index (χ0v) is 12.7. The first-order chi connectivity index (χ1) is 9.46. The van der Waals surface area contributed by atoms with E-state index in [9.17, 15) is 14.4 Å². The molecule has 2 aliphatic carbocycles. The zero-order valence-electron chi connectivity index (χ0n) is 12.7. The monoisotopic (exact) mass is 280 g/mol. The van der Waals surface area contributed by atoms with Crippen LogP contribution in [0.5, 0.6) is 0 Å². The molecule has 0 heterocycles. The van der Waals surface area contributed by atoms with Gasteiger partial charge in [-0.25, -0.2) is 0 Å². The van der Waals surface area contributed by atoms with Gasteiger partial charge in [-0.15, -0.1) is 0 Å². The summed E-state index contributed by atoms with van der Waals surface area (Å²) in [6.45, 7) is 3.81. The van der Waals surface area contributed by atoms with E-state index >= 15 is 0 Å². The lowest BCUT2D eigenvalue weighted by atomic mass is 9.49. The Morgan fingerprint density at radius 1 is 1.20 bits per heavy atom. The van der Waals surface area contributed by atoms with E-state index in [1.807, 2.05) is 13.8 Å². The van der Waals surface area contributed by atoms with E-state index in [1.165, 1.54) is 7.11 Å². The Hall–Kier alpha value is -1.19. The number of Topliss-reactive ketones (excluding diaryl/α,β-unsaturated/α-hetero) is 2. The van der Waals surface area contributed by atoms with E-state index in [0.29, 0.717) is 25.7 Å². The minimum atomic E-state index is -0.923. The summed E-state index contributed by atoms with van der Waals surface area (Å²) in [6, 6.07) is 0. The second-order valence-corrected chi connectivity index (χ2v) is 6.21. The average molecular weight is 280 g/mol. The number of carbonyl (C=O) groups is 3. The summed E-state index contributed by atoms with van der Waals surface area (Å²) in [5.41, 5.74) is -1.48. The van der Waals surface area contributed by atoms with Gasteiger partial charge in [0.1, 0.15) is 11.6 Å². The third-order valence-corrected chi connectivity index (χ3v) is 5.82. The van der Waals surface area contributed by atoms with Crippen molar-refractivity contribution in [2.75, 3.05) is 7.11 Å². The highest BCUT2D eigenvalue weighted by molar-refractivity contribution is 6.14. The molecule has 0 amide bonds. The largest absolute Gasteiger partial charge is 0.469 e. The van der Waals surface area contributed by atoms with Crippen LogP contribution in [-0.2, 0) is 19.1 Å². The highest BCUT2D eigenvalue weighted by Crippen LogP contribution is 2.61. The van der Waals surface area contributed by atoms with Crippen molar-refractivity contribution in [3.05, 3.63) is 0 Å². The fourth-order valence-electron chi connectivity index (χ4n) is 4.71. The Morgan fingerprint density at radius 2 is 1.75 bits per heavy atom. The van der Waals surface area contributed by atoms with Crippen LogP contribution in [0.2, 0.25) is 0 Å². The van der Waals surface area contributed by atoms with E-state index in [-0.39, 0.29) is 17.5 Å². The van der Waals surface area contributed by atoms with Gasteiger partial charge >= 0.3 is 5.97 Å². The fraction of sp³-hybridized carbons (Fsp3) is 0.812. The smallest absolute Gasteiger partial charge is 0.308 e. The predicted molar refractivity (Wildman–Crippen MR) is 74.1 cm³/mol. The molecule has 2 fully saturated rings. The number of rotatable bonds is 3. The van der Waals surface area contributed by atoms with E-state index in [0.717, 1.165) is 19.3 Å². The van der Waals surface area contributed by atoms with Crippen molar-refractivity contribution in [1.29, 1.82) is 0 Å². The highest BCUT2D eigenvalue weighted by atomic mass is 16.5. The molecule has 0 saturated heterocycles. The van der Waals surface area contributed by atoms with Crippen LogP contribution in [0, 0.1) is 16.7 Å². The van der Waals surface area contributed by atoms with Gasteiger partial charge in [0.2, 0.25) is 0 Å². The highest BCUT2D eigenvalue weighted by Gasteiger charge is 2.65. The number of hydrogen-bond acceptors (Lipinski definition) is 4. The summed E-state index contributed by atoms with van der Waals surface area (Å²) in [7, 11) is 1.37. The first-order valence-electron chi connectivity index (χ1n) is 7.60. The summed E-state index contributed by atoms with van der Waals surface area (Å²) in [5.74, 6) is -0.607. The molecule has 0 bridgehead atoms. The van der Waals surface area contributed by atoms with Crippen LogP contribution in [0.25, 0.3) is 0 Å². The first kappa shape index (κ1) is 15.2. The summed E-state index contributed by atoms with van der Waals surface area (Å²) < 4.78 is 4.90. The van der Waals surface area contributed by atoms with E-state index < -0.39 is 16.7 Å². The van der Waals surface area contributed by atoms with Gasteiger partial charge in [-0.1, -0.05) is 26.7 Å². The average Bonchev–Trinajstić information content (AvgIpc) is 2.76. The molecule has 0 aliphatic heterocycles. The SMILES string of the molecule is CCC1(C(C)C(=O)OC)CCCCC12C(=O)CCC2=O. The van der Waals surface area contributed by atoms with Crippen LogP contribution < -0.4 is 0 Å². The van der Waals surface area contributed by atoms with Crippen molar-refractivity contribution in [2.45, 2.75) is 58.8 Å². The van der Waals surface area contributed by atoms with Crippen LogP contribution in [0.4, 0.5) is 0 Å². The van der Waals surface area contributed by atoms with Gasteiger partial charge in [-0.05, 0) is 19.3 Å². The van der Waals surface area contributed by atoms with Gasteiger partial charge < -0.3 is 4.74 Å². The minimum Gasteiger partial charge on any atom is -0.469 e. The molecule has 2 rings (SSSR count). The van der Waals surface area contributed by atoms with E-state index in [2.05, 4.69) is 0 Å². The fourth-order valence-corrected chi connectivity index (χ4v) is 4.71. The lowest BCUT2D eigenvalue weighted by Gasteiger charge is -2.52. The maximum atomic E-state index is 12.6. The van der Waals surface area contributed by atoms with Gasteiger partial charge in [0, 0.05) is 18.3 Å². The maximum absolute atomic E-state index is 12.6. The molecule has 20 heavy (non-hydrogen) atoms. The topological polar surface area (TPSA) is 60.4 Å². The van der Waals surface area contributed by atoms with Crippen LogP contribution in [0.1, 0.15) is 58.8 Å². The lowest BCUT2D eigenvalue weighted by molar-refractivity contribution is -0.166. The van der Waals surface area contributed by atoms with Crippen LogP contribution in [-0.4, -0.2) is 24.6 Å². The zero-order chi connectivity index (χ0) is 15.0. The molecule has 2 aliphatic rings. The molecular formula is C16H24O4. The molecule has 0 aromatic carbocycles. The second kappa shape index (κ2) is 5.30. The standard InChI is InChI=1S/C16H24O4/c1-4-15(11(2)14(19)20-3)9-5-6-10-16(15)12(17)7-8-13(16)18/h11H,4-10H2,1-3H3. The predicted octanol–water partition coefficient (Wildman–Crippen LogP) is 2.68. The Kier molecular flexibility index (Phi) is 4.03. The van der Waals surface area contributed by atoms with Crippen molar-refractivity contribution in [1.82, 2.24) is 0 Å². The first-order valence-corrected chi connectivity index (χ1v) is 7.60. The molecule has 2 unspecified atom stereocenters. The molecule has 0 N–H and O–H groups in total. The van der Waals surface area contributed by atoms with Crippen molar-refractivity contribution in [3.63, 3.8) is 0 Å². The summed E-state index contributed by atoms with van der Waals surface area (Å²) in [6.07, 6.45) is 4.59. The van der Waals surface area contributed by atoms with Crippen LogP contribution >= 0.6 is 0 Å². The molecule has 4 nitrogen and oxygen atoms in total. The summed E-state index contributed by atoms with van der Waals surface area (Å²) in [4.78, 5) is 37.2. The van der Waals surface area contributed by atoms with Gasteiger partial charge in [0.25, 0.3) is 0 Å². The molecule has 0 radical (unpaired) electrons. The number of methoxy groups -OCH3 is 1. The van der Waals surface area contributed by atoms with Gasteiger partial charge in [0.15, 0.2) is 0 Å². The van der Waals surface area contributed by atoms with Crippen molar-refractivity contribution >= 4 is 17.5 Å². The molecule has 0 aromatic rings. The van der Waals surface area contributed by atoms with Crippen LogP contribution in [0.3, 0.4) is 0 Å². The Labute approximate surface area is 120 Å². The lowest BCUT2D eigenvalue weighted by Crippen LogP contribution is -2.56. The third kappa shape index (κ3) is 1.76. The molecule has 2 saturated carbocycles. The molecule has 112 valence electrons. The Morgan fingerprint density at radius 3 is 2.25 bits per heavy atom. The summed E-state index contributed by atoms with van der Waals surface area (Å²) in [5, 5.41) is 0. The maximum Gasteiger partial charge on any atom is 0.308 e. The number of ketones is 2. The number of ether oxygens (including phenoxy) is 1. The third-order valence-electron chi connectivity index (χ3n) is 5.82. The minimum absolute atomic E-state index is 0.0554. The normalized spacial score (nSPS) is 30.6. The van der Waals surface area contributed by atoms with Crippen molar-refractivity contribution in [2.24, 2.45) is 16.7 Å². The molecule has 4 heteroatoms. The molecule has 1 spiro atoms. The number of hydrogen-bond donors (Lipinski definition) is 0. The van der Waals surface area contributed by atoms with Crippen LogP contribution in [0.15, 0.2) is 0 Å². The van der Waals surface area contributed by atoms with E-state index in [1.54, 1.807) is 0 Å². The van der Waals surface area contributed by atoms with Crippen molar-refractivity contribution in [3.8, 4) is 0 Å². The Bertz CT molecular complexity index is 424. The molecular weight excluding hydrogens is 256 g/mol. The molecule has 0 aromatic heterocycles. The molecule has 2 atom stereocenters. The van der Waals surface area contributed by atoms with Crippen molar-refractivity contribution < 1.29 is 19.1 Å². The quantitative estimate of drug-likeness (QED) is 0.589. The number of carbonyl (C=O) groups excluding carboxylic acids is 3. The van der Waals surface area contributed by atoms with Gasteiger partial charge in [-0.3, -0.25) is 14.4 Å².